The predicted octanol–water partition coefficient (Wildman–Crippen LogP) is 1.59. The number of nitrogens with one attached hydrogen (secondary N) is 1. The molecule has 16 heavy (non-hydrogen) atoms. The molecule has 0 aromatic heterocycles. The van der Waals surface area contributed by atoms with Crippen LogP contribution in [0.25, 0.3) is 5.57 Å². The van der Waals surface area contributed by atoms with E-state index >= 15 is 0 Å². The molecule has 3 heteroatoms. The van der Waals surface area contributed by atoms with Gasteiger partial charge in [-0.15, -0.1) is 0 Å². The lowest BCUT2D eigenvalue weighted by Crippen LogP contribution is -2.27. The summed E-state index contributed by atoms with van der Waals surface area (Å²) in [6.07, 6.45) is 2.69. The number of rotatable bonds is 5. The van der Waals surface area contributed by atoms with E-state index in [2.05, 4.69) is 5.32 Å². The number of hydrogen-bond donors (Lipinski definition) is 2. The van der Waals surface area contributed by atoms with Crippen molar-refractivity contribution in [2.75, 3.05) is 13.2 Å². The molecule has 1 amide bonds. The molecular weight excluding hydrogens is 202 g/mol. The monoisotopic (exact) mass is 219 g/mol. The van der Waals surface area contributed by atoms with Crippen LogP contribution in [0.15, 0.2) is 36.4 Å². The smallest absolute Gasteiger partial charge is 0.251 e. The van der Waals surface area contributed by atoms with Gasteiger partial charge in [-0.2, -0.15) is 0 Å². The lowest BCUT2D eigenvalue weighted by molar-refractivity contribution is -0.115. The van der Waals surface area contributed by atoms with E-state index in [1.165, 1.54) is 0 Å². The summed E-state index contributed by atoms with van der Waals surface area (Å²) in [5.41, 5.74) is 1.57. The number of hydrogen-bond acceptors (Lipinski definition) is 2. The fourth-order valence-electron chi connectivity index (χ4n) is 1.43. The third-order valence-electron chi connectivity index (χ3n) is 2.14. The Morgan fingerprint density at radius 2 is 2.06 bits per heavy atom. The predicted molar refractivity (Wildman–Crippen MR) is 64.8 cm³/mol. The Hall–Kier alpha value is -1.61. The highest BCUT2D eigenvalue weighted by Gasteiger charge is 2.09. The molecule has 0 radical (unpaired) electrons. The third-order valence-corrected chi connectivity index (χ3v) is 2.14. The van der Waals surface area contributed by atoms with E-state index in [1.807, 2.05) is 43.3 Å². The first kappa shape index (κ1) is 12.5. The van der Waals surface area contributed by atoms with E-state index in [0.717, 1.165) is 12.0 Å². The molecule has 0 heterocycles. The van der Waals surface area contributed by atoms with Gasteiger partial charge in [0, 0.05) is 12.1 Å². The van der Waals surface area contributed by atoms with Crippen molar-refractivity contribution >= 4 is 11.5 Å². The van der Waals surface area contributed by atoms with Crippen LogP contribution < -0.4 is 5.32 Å². The average Bonchev–Trinajstić information content (AvgIpc) is 2.34. The maximum atomic E-state index is 11.8. The van der Waals surface area contributed by atoms with Crippen LogP contribution in [0.1, 0.15) is 18.9 Å². The molecule has 3 nitrogen and oxygen atoms in total. The summed E-state index contributed by atoms with van der Waals surface area (Å²) in [4.78, 5) is 11.8. The Morgan fingerprint density at radius 1 is 1.38 bits per heavy atom. The Balaban J connectivity index is 2.84. The molecular formula is C13H17NO2. The van der Waals surface area contributed by atoms with Gasteiger partial charge in [-0.3, -0.25) is 4.79 Å². The molecule has 0 aliphatic heterocycles. The minimum atomic E-state index is -0.137. The molecule has 1 aromatic carbocycles. The quantitative estimate of drug-likeness (QED) is 0.739. The topological polar surface area (TPSA) is 49.3 Å². The van der Waals surface area contributed by atoms with Crippen molar-refractivity contribution in [1.29, 1.82) is 0 Å². The molecule has 0 unspecified atom stereocenters. The SMILES string of the molecule is CC/C=C(/C(=O)NCCO)c1ccccc1. The Kier molecular flexibility index (Phi) is 5.29. The van der Waals surface area contributed by atoms with Gasteiger partial charge in [0.25, 0.3) is 5.91 Å². The second kappa shape index (κ2) is 6.80. The summed E-state index contributed by atoms with van der Waals surface area (Å²) in [5, 5.41) is 11.3. The fraction of sp³-hybridized carbons (Fsp3) is 0.308. The first-order valence-electron chi connectivity index (χ1n) is 5.44. The number of aliphatic hydroxyl groups excluding tert-OH is 1. The zero-order chi connectivity index (χ0) is 11.8. The molecule has 86 valence electrons. The van der Waals surface area contributed by atoms with E-state index in [0.29, 0.717) is 5.57 Å². The molecule has 0 saturated carbocycles. The highest BCUT2D eigenvalue weighted by Crippen LogP contribution is 2.14. The lowest BCUT2D eigenvalue weighted by Gasteiger charge is -2.08. The first-order chi connectivity index (χ1) is 7.79. The van der Waals surface area contributed by atoms with Crippen LogP contribution in [0.2, 0.25) is 0 Å². The van der Waals surface area contributed by atoms with Crippen LogP contribution in [-0.4, -0.2) is 24.2 Å². The van der Waals surface area contributed by atoms with Crippen molar-refractivity contribution < 1.29 is 9.90 Å². The highest BCUT2D eigenvalue weighted by molar-refractivity contribution is 6.19. The Bertz CT molecular complexity index is 357. The van der Waals surface area contributed by atoms with Gasteiger partial charge in [-0.05, 0) is 12.0 Å². The molecule has 0 atom stereocenters. The van der Waals surface area contributed by atoms with E-state index in [-0.39, 0.29) is 19.1 Å². The fourth-order valence-corrected chi connectivity index (χ4v) is 1.43. The van der Waals surface area contributed by atoms with Crippen LogP contribution >= 0.6 is 0 Å². The number of aliphatic hydroxyl groups is 1. The summed E-state index contributed by atoms with van der Waals surface area (Å²) in [5.74, 6) is -0.137. The minimum Gasteiger partial charge on any atom is -0.395 e. The van der Waals surface area contributed by atoms with Crippen molar-refractivity contribution in [1.82, 2.24) is 5.32 Å². The van der Waals surface area contributed by atoms with Gasteiger partial charge in [-0.1, -0.05) is 43.3 Å². The Morgan fingerprint density at radius 3 is 2.62 bits per heavy atom. The minimum absolute atomic E-state index is 0.0417. The van der Waals surface area contributed by atoms with E-state index in [1.54, 1.807) is 0 Å². The van der Waals surface area contributed by atoms with Crippen molar-refractivity contribution in [3.8, 4) is 0 Å². The molecule has 0 spiro atoms. The van der Waals surface area contributed by atoms with Crippen molar-refractivity contribution in [3.63, 3.8) is 0 Å². The molecule has 1 aromatic rings. The summed E-state index contributed by atoms with van der Waals surface area (Å²) in [7, 11) is 0. The maximum absolute atomic E-state index is 11.8. The zero-order valence-electron chi connectivity index (χ0n) is 9.44. The summed E-state index contributed by atoms with van der Waals surface area (Å²) in [6, 6.07) is 9.52. The molecule has 1 rings (SSSR count). The lowest BCUT2D eigenvalue weighted by atomic mass is 10.0. The van der Waals surface area contributed by atoms with Crippen LogP contribution in [0.4, 0.5) is 0 Å². The van der Waals surface area contributed by atoms with Gasteiger partial charge in [-0.25, -0.2) is 0 Å². The highest BCUT2D eigenvalue weighted by atomic mass is 16.3. The standard InChI is InChI=1S/C13H17NO2/c1-2-6-12(13(16)14-9-10-15)11-7-4-3-5-8-11/h3-8,15H,2,9-10H2,1H3,(H,14,16)/b12-6+. The molecule has 0 bridgehead atoms. The first-order valence-corrected chi connectivity index (χ1v) is 5.44. The Labute approximate surface area is 95.8 Å². The van der Waals surface area contributed by atoms with E-state index < -0.39 is 0 Å². The van der Waals surface area contributed by atoms with Crippen molar-refractivity contribution in [3.05, 3.63) is 42.0 Å². The normalized spacial score (nSPS) is 11.2. The van der Waals surface area contributed by atoms with Crippen molar-refractivity contribution in [2.45, 2.75) is 13.3 Å². The van der Waals surface area contributed by atoms with E-state index in [9.17, 15) is 4.79 Å². The van der Waals surface area contributed by atoms with Gasteiger partial charge in [0.05, 0.1) is 6.61 Å². The zero-order valence-corrected chi connectivity index (χ0v) is 9.44. The number of amides is 1. The van der Waals surface area contributed by atoms with Crippen molar-refractivity contribution in [2.24, 2.45) is 0 Å². The molecule has 0 fully saturated rings. The van der Waals surface area contributed by atoms with Crippen LogP contribution in [0.3, 0.4) is 0 Å². The van der Waals surface area contributed by atoms with Gasteiger partial charge >= 0.3 is 0 Å². The summed E-state index contributed by atoms with van der Waals surface area (Å²) >= 11 is 0. The maximum Gasteiger partial charge on any atom is 0.251 e. The molecule has 0 aliphatic carbocycles. The van der Waals surface area contributed by atoms with E-state index in [4.69, 9.17) is 5.11 Å². The number of benzene rings is 1. The van der Waals surface area contributed by atoms with Gasteiger partial charge < -0.3 is 10.4 Å². The van der Waals surface area contributed by atoms with Gasteiger partial charge in [0.15, 0.2) is 0 Å². The van der Waals surface area contributed by atoms with Crippen LogP contribution in [-0.2, 0) is 4.79 Å². The summed E-state index contributed by atoms with van der Waals surface area (Å²) in [6.45, 7) is 2.23. The number of carbonyl (C=O) groups is 1. The average molecular weight is 219 g/mol. The largest absolute Gasteiger partial charge is 0.395 e. The second-order valence-corrected chi connectivity index (χ2v) is 3.37. The second-order valence-electron chi connectivity index (χ2n) is 3.37. The molecule has 0 aliphatic rings. The van der Waals surface area contributed by atoms with Crippen LogP contribution in [0, 0.1) is 0 Å². The number of allylic oxidation sites excluding steroid dienone is 1. The molecule has 2 N–H and O–H groups in total. The van der Waals surface area contributed by atoms with Crippen LogP contribution in [0.5, 0.6) is 0 Å². The molecule has 0 saturated heterocycles. The van der Waals surface area contributed by atoms with Gasteiger partial charge in [0.1, 0.15) is 0 Å². The summed E-state index contributed by atoms with van der Waals surface area (Å²) < 4.78 is 0. The third kappa shape index (κ3) is 3.51. The van der Waals surface area contributed by atoms with Gasteiger partial charge in [0.2, 0.25) is 0 Å². The number of carbonyl (C=O) groups excluding carboxylic acids is 1.